The van der Waals surface area contributed by atoms with Gasteiger partial charge in [0.1, 0.15) is 6.23 Å². The average molecular weight is 258 g/mol. The van der Waals surface area contributed by atoms with Crippen molar-refractivity contribution in [3.8, 4) is 0 Å². The van der Waals surface area contributed by atoms with Crippen molar-refractivity contribution < 1.29 is 14.2 Å². The lowest BCUT2D eigenvalue weighted by Gasteiger charge is -2.18. The molecular formula is C11H15FN2O4. The molecule has 1 aromatic rings. The van der Waals surface area contributed by atoms with Crippen molar-refractivity contribution in [2.45, 2.75) is 38.7 Å². The number of aliphatic hydroxyl groups excluding tert-OH is 1. The molecule has 3 atom stereocenters. The lowest BCUT2D eigenvalue weighted by atomic mass is 10.0. The molecule has 18 heavy (non-hydrogen) atoms. The second kappa shape index (κ2) is 4.66. The zero-order valence-electron chi connectivity index (χ0n) is 10.1. The SMILES string of the molecule is CC(C)[C@H]1O[C@@H](n2cc(F)c(=O)[nH]c2=O)CC1O. The van der Waals surface area contributed by atoms with Crippen molar-refractivity contribution in [1.82, 2.24) is 9.55 Å². The quantitative estimate of drug-likeness (QED) is 0.780. The van der Waals surface area contributed by atoms with E-state index >= 15 is 0 Å². The molecule has 0 amide bonds. The number of rotatable bonds is 2. The Bertz CT molecular complexity index is 551. The first-order valence-electron chi connectivity index (χ1n) is 5.74. The number of aromatic amines is 1. The van der Waals surface area contributed by atoms with Crippen LogP contribution in [-0.4, -0.2) is 26.9 Å². The Hall–Kier alpha value is -1.47. The normalized spacial score (nSPS) is 27.9. The molecule has 1 fully saturated rings. The number of aromatic nitrogens is 2. The summed E-state index contributed by atoms with van der Waals surface area (Å²) < 4.78 is 19.6. The summed E-state index contributed by atoms with van der Waals surface area (Å²) in [5.74, 6) is -0.978. The molecule has 1 aliphatic rings. The van der Waals surface area contributed by atoms with Gasteiger partial charge in [0.05, 0.1) is 18.4 Å². The van der Waals surface area contributed by atoms with Gasteiger partial charge in [0, 0.05) is 6.42 Å². The number of aliphatic hydroxyl groups is 1. The summed E-state index contributed by atoms with van der Waals surface area (Å²) in [4.78, 5) is 24.3. The van der Waals surface area contributed by atoms with Crippen LogP contribution in [-0.2, 0) is 4.74 Å². The monoisotopic (exact) mass is 258 g/mol. The fourth-order valence-electron chi connectivity index (χ4n) is 2.12. The number of nitrogens with one attached hydrogen (secondary N) is 1. The molecular weight excluding hydrogens is 243 g/mol. The van der Waals surface area contributed by atoms with Gasteiger partial charge in [-0.1, -0.05) is 13.8 Å². The Balaban J connectivity index is 2.32. The van der Waals surface area contributed by atoms with E-state index in [-0.39, 0.29) is 12.3 Å². The minimum absolute atomic E-state index is 0.0771. The highest BCUT2D eigenvalue weighted by molar-refractivity contribution is 4.91. The number of ether oxygens (including phenoxy) is 1. The fourth-order valence-corrected chi connectivity index (χ4v) is 2.12. The predicted octanol–water partition coefficient (Wildman–Crippen LogP) is -0.0199. The Morgan fingerprint density at radius 1 is 1.56 bits per heavy atom. The Kier molecular flexibility index (Phi) is 3.36. The minimum atomic E-state index is -1.06. The maximum absolute atomic E-state index is 13.1. The third-order valence-corrected chi connectivity index (χ3v) is 3.03. The number of nitrogens with zero attached hydrogens (tertiary/aromatic N) is 1. The van der Waals surface area contributed by atoms with E-state index in [1.807, 2.05) is 18.8 Å². The van der Waals surface area contributed by atoms with Gasteiger partial charge < -0.3 is 9.84 Å². The molecule has 1 unspecified atom stereocenters. The molecule has 6 nitrogen and oxygen atoms in total. The van der Waals surface area contributed by atoms with Gasteiger partial charge in [0.25, 0.3) is 5.56 Å². The topological polar surface area (TPSA) is 84.3 Å². The second-order valence-corrected chi connectivity index (χ2v) is 4.75. The molecule has 0 radical (unpaired) electrons. The van der Waals surface area contributed by atoms with Gasteiger partial charge >= 0.3 is 5.69 Å². The highest BCUT2D eigenvalue weighted by atomic mass is 19.1. The summed E-state index contributed by atoms with van der Waals surface area (Å²) in [6.45, 7) is 3.76. The molecule has 2 N–H and O–H groups in total. The van der Waals surface area contributed by atoms with Crippen LogP contribution in [0.3, 0.4) is 0 Å². The first-order chi connectivity index (χ1) is 8.40. The van der Waals surface area contributed by atoms with Gasteiger partial charge in [0.2, 0.25) is 5.82 Å². The van der Waals surface area contributed by atoms with Crippen molar-refractivity contribution in [3.05, 3.63) is 32.9 Å². The zero-order chi connectivity index (χ0) is 13.4. The number of halogens is 1. The maximum Gasteiger partial charge on any atom is 0.330 e. The minimum Gasteiger partial charge on any atom is -0.390 e. The Labute approximate surface area is 102 Å². The van der Waals surface area contributed by atoms with Crippen LogP contribution in [0.2, 0.25) is 0 Å². The lowest BCUT2D eigenvalue weighted by Crippen LogP contribution is -2.34. The third-order valence-electron chi connectivity index (χ3n) is 3.03. The van der Waals surface area contributed by atoms with Gasteiger partial charge in [-0.2, -0.15) is 4.39 Å². The molecule has 1 aliphatic heterocycles. The van der Waals surface area contributed by atoms with Gasteiger partial charge in [-0.15, -0.1) is 0 Å². The van der Waals surface area contributed by atoms with Gasteiger partial charge in [0.15, 0.2) is 0 Å². The number of hydrogen-bond donors (Lipinski definition) is 2. The van der Waals surface area contributed by atoms with E-state index in [0.29, 0.717) is 0 Å². The van der Waals surface area contributed by atoms with Crippen LogP contribution in [0.1, 0.15) is 26.5 Å². The van der Waals surface area contributed by atoms with E-state index in [2.05, 4.69) is 0 Å². The zero-order valence-corrected chi connectivity index (χ0v) is 10.1. The van der Waals surface area contributed by atoms with E-state index in [0.717, 1.165) is 10.8 Å². The van der Waals surface area contributed by atoms with Crippen LogP contribution in [0.25, 0.3) is 0 Å². The fraction of sp³-hybridized carbons (Fsp3) is 0.636. The summed E-state index contributed by atoms with van der Waals surface area (Å²) in [6.07, 6.45) is -0.879. The first-order valence-corrected chi connectivity index (χ1v) is 5.74. The van der Waals surface area contributed by atoms with Crippen LogP contribution in [0.5, 0.6) is 0 Å². The highest BCUT2D eigenvalue weighted by Gasteiger charge is 2.37. The van der Waals surface area contributed by atoms with Crippen molar-refractivity contribution in [3.63, 3.8) is 0 Å². The summed E-state index contributed by atoms with van der Waals surface area (Å²) in [7, 11) is 0. The summed E-state index contributed by atoms with van der Waals surface area (Å²) in [5, 5.41) is 9.80. The number of H-pyrrole nitrogens is 1. The van der Waals surface area contributed by atoms with Gasteiger partial charge in [-0.05, 0) is 5.92 Å². The molecule has 100 valence electrons. The molecule has 0 aliphatic carbocycles. The van der Waals surface area contributed by atoms with Crippen molar-refractivity contribution in [1.29, 1.82) is 0 Å². The third kappa shape index (κ3) is 2.23. The van der Waals surface area contributed by atoms with E-state index in [1.54, 1.807) is 0 Å². The largest absolute Gasteiger partial charge is 0.390 e. The molecule has 1 aromatic heterocycles. The molecule has 2 heterocycles. The van der Waals surface area contributed by atoms with Gasteiger partial charge in [-0.3, -0.25) is 14.3 Å². The molecule has 0 saturated carbocycles. The van der Waals surface area contributed by atoms with Crippen molar-refractivity contribution in [2.75, 3.05) is 0 Å². The Morgan fingerprint density at radius 3 is 2.78 bits per heavy atom. The maximum atomic E-state index is 13.1. The van der Waals surface area contributed by atoms with E-state index in [1.165, 1.54) is 0 Å². The van der Waals surface area contributed by atoms with E-state index in [9.17, 15) is 19.1 Å². The van der Waals surface area contributed by atoms with Crippen molar-refractivity contribution >= 4 is 0 Å². The summed E-state index contributed by atoms with van der Waals surface area (Å²) >= 11 is 0. The molecule has 0 spiro atoms. The average Bonchev–Trinajstić information content (AvgIpc) is 2.65. The lowest BCUT2D eigenvalue weighted by molar-refractivity contribution is -0.0434. The molecule has 0 bridgehead atoms. The van der Waals surface area contributed by atoms with Crippen molar-refractivity contribution in [2.24, 2.45) is 5.92 Å². The first kappa shape index (κ1) is 13.0. The molecule has 1 saturated heterocycles. The molecule has 7 heteroatoms. The molecule has 0 aromatic carbocycles. The standard InChI is InChI=1S/C11H15FN2O4/c1-5(2)9-7(15)3-8(18-9)14-4-6(12)10(16)13-11(14)17/h4-5,7-9,15H,3H2,1-2H3,(H,13,16,17)/t7?,8-,9-/m1/s1. The highest BCUT2D eigenvalue weighted by Crippen LogP contribution is 2.31. The molecule has 2 rings (SSSR count). The van der Waals surface area contributed by atoms with Crippen LogP contribution in [0, 0.1) is 11.7 Å². The predicted molar refractivity (Wildman–Crippen MR) is 60.7 cm³/mol. The van der Waals surface area contributed by atoms with E-state index in [4.69, 9.17) is 4.74 Å². The Morgan fingerprint density at radius 2 is 2.22 bits per heavy atom. The van der Waals surface area contributed by atoms with E-state index < -0.39 is 35.5 Å². The van der Waals surface area contributed by atoms with Crippen LogP contribution >= 0.6 is 0 Å². The van der Waals surface area contributed by atoms with Crippen LogP contribution in [0.15, 0.2) is 15.8 Å². The second-order valence-electron chi connectivity index (χ2n) is 4.75. The number of hydrogen-bond acceptors (Lipinski definition) is 4. The smallest absolute Gasteiger partial charge is 0.330 e. The van der Waals surface area contributed by atoms with Gasteiger partial charge in [-0.25, -0.2) is 4.79 Å². The van der Waals surface area contributed by atoms with Crippen LogP contribution in [0.4, 0.5) is 4.39 Å². The summed E-state index contributed by atoms with van der Waals surface area (Å²) in [6, 6.07) is 0. The summed E-state index contributed by atoms with van der Waals surface area (Å²) in [5.41, 5.74) is -1.81. The van der Waals surface area contributed by atoms with Crippen LogP contribution < -0.4 is 11.2 Å².